The van der Waals surface area contributed by atoms with Crippen molar-refractivity contribution in [1.82, 2.24) is 0 Å². The number of hydrogen-bond acceptors (Lipinski definition) is 15. The second kappa shape index (κ2) is 73.9. The van der Waals surface area contributed by atoms with Crippen molar-refractivity contribution < 1.29 is 80.2 Å². The van der Waals surface area contributed by atoms with Crippen LogP contribution in [0.4, 0.5) is 0 Å². The third kappa shape index (κ3) is 74.3. The molecule has 0 aromatic heterocycles. The van der Waals surface area contributed by atoms with E-state index in [4.69, 9.17) is 37.0 Å². The molecule has 17 nitrogen and oxygen atoms in total. The van der Waals surface area contributed by atoms with E-state index in [0.717, 1.165) is 95.8 Å². The maximum atomic E-state index is 13.1. The molecule has 5 atom stereocenters. The molecule has 0 aliphatic carbocycles. The number of esters is 4. The molecule has 0 aromatic carbocycles. The van der Waals surface area contributed by atoms with E-state index in [9.17, 15) is 43.2 Å². The molecule has 0 saturated heterocycles. The smallest absolute Gasteiger partial charge is 0.462 e. The maximum Gasteiger partial charge on any atom is 0.472 e. The molecular formula is C81H158O17P2. The summed E-state index contributed by atoms with van der Waals surface area (Å²) in [7, 11) is -9.92. The molecule has 0 aromatic rings. The minimum Gasteiger partial charge on any atom is -0.462 e. The van der Waals surface area contributed by atoms with Crippen LogP contribution in [-0.4, -0.2) is 96.7 Å². The summed E-state index contributed by atoms with van der Waals surface area (Å²) >= 11 is 0. The number of phosphoric ester groups is 2. The number of aliphatic hydroxyl groups is 1. The molecule has 100 heavy (non-hydrogen) atoms. The minimum absolute atomic E-state index is 0.107. The molecule has 3 N–H and O–H groups in total. The predicted octanol–water partition coefficient (Wildman–Crippen LogP) is 24.4. The summed E-state index contributed by atoms with van der Waals surface area (Å²) in [5, 5.41) is 10.6. The van der Waals surface area contributed by atoms with Crippen molar-refractivity contribution in [3.8, 4) is 0 Å². The Labute approximate surface area is 613 Å². The van der Waals surface area contributed by atoms with Crippen molar-refractivity contribution in [2.24, 2.45) is 5.92 Å². The molecule has 0 radical (unpaired) electrons. The van der Waals surface area contributed by atoms with Gasteiger partial charge in [0.15, 0.2) is 12.2 Å². The van der Waals surface area contributed by atoms with Crippen LogP contribution in [0, 0.1) is 5.92 Å². The highest BCUT2D eigenvalue weighted by atomic mass is 31.2. The van der Waals surface area contributed by atoms with E-state index in [0.29, 0.717) is 25.7 Å². The summed E-state index contributed by atoms with van der Waals surface area (Å²) in [6.07, 6.45) is 65.3. The fourth-order valence-electron chi connectivity index (χ4n) is 12.6. The summed E-state index contributed by atoms with van der Waals surface area (Å²) in [4.78, 5) is 73.0. The zero-order valence-corrected chi connectivity index (χ0v) is 67.1. The summed E-state index contributed by atoms with van der Waals surface area (Å²) in [5.41, 5.74) is 0. The lowest BCUT2D eigenvalue weighted by Crippen LogP contribution is -2.30. The minimum atomic E-state index is -4.96. The van der Waals surface area contributed by atoms with Gasteiger partial charge in [-0.25, -0.2) is 9.13 Å². The molecule has 0 fully saturated rings. The van der Waals surface area contributed by atoms with Gasteiger partial charge < -0.3 is 33.8 Å². The van der Waals surface area contributed by atoms with Gasteiger partial charge in [0.05, 0.1) is 26.4 Å². The summed E-state index contributed by atoms with van der Waals surface area (Å²) in [6, 6.07) is 0. The quantitative estimate of drug-likeness (QED) is 0.0222. The Balaban J connectivity index is 5.23. The number of carbonyl (C=O) groups is 4. The third-order valence-electron chi connectivity index (χ3n) is 19.0. The van der Waals surface area contributed by atoms with Gasteiger partial charge in [-0.15, -0.1) is 0 Å². The van der Waals surface area contributed by atoms with E-state index < -0.39 is 97.5 Å². The normalized spacial score (nSPS) is 13.8. The Bertz CT molecular complexity index is 1910. The molecular weight excluding hydrogens is 1310 g/mol. The van der Waals surface area contributed by atoms with E-state index in [1.54, 1.807) is 0 Å². The van der Waals surface area contributed by atoms with Gasteiger partial charge in [-0.3, -0.25) is 37.3 Å². The SMILES string of the molecule is CCCCCCCCCCCCCCCCCCCCCC(=O)O[C@H](COC(=O)CCCCCCCCCCCCCCCCCCCC)COP(=O)(O)OC[C@@H](O)COP(=O)(O)OC[C@@H](COC(=O)CCCCCCCCCCC(C)C)OC(=O)CCCCCCCCCCCCCC. The molecule has 0 heterocycles. The Morgan fingerprint density at radius 3 is 0.680 bits per heavy atom. The summed E-state index contributed by atoms with van der Waals surface area (Å²) in [6.45, 7) is 7.29. The zero-order chi connectivity index (χ0) is 73.4. The Morgan fingerprint density at radius 1 is 0.270 bits per heavy atom. The van der Waals surface area contributed by atoms with Gasteiger partial charge >= 0.3 is 39.5 Å². The lowest BCUT2D eigenvalue weighted by Gasteiger charge is -2.21. The number of aliphatic hydroxyl groups excluding tert-OH is 1. The van der Waals surface area contributed by atoms with Crippen molar-refractivity contribution in [2.75, 3.05) is 39.6 Å². The molecule has 0 aliphatic rings. The van der Waals surface area contributed by atoms with Crippen molar-refractivity contribution in [2.45, 2.75) is 451 Å². The van der Waals surface area contributed by atoms with E-state index in [1.807, 2.05) is 0 Å². The van der Waals surface area contributed by atoms with Gasteiger partial charge in [-0.05, 0) is 31.6 Å². The Kier molecular flexibility index (Phi) is 72.5. The zero-order valence-electron chi connectivity index (χ0n) is 65.3. The number of phosphoric acid groups is 2. The van der Waals surface area contributed by atoms with Crippen molar-refractivity contribution in [1.29, 1.82) is 0 Å². The van der Waals surface area contributed by atoms with Crippen LogP contribution in [0.25, 0.3) is 0 Å². The fraction of sp³-hybridized carbons (Fsp3) is 0.951. The van der Waals surface area contributed by atoms with Gasteiger partial charge in [0, 0.05) is 25.7 Å². The summed E-state index contributed by atoms with van der Waals surface area (Å²) < 4.78 is 68.7. The van der Waals surface area contributed by atoms with Crippen LogP contribution < -0.4 is 0 Å². The molecule has 0 rings (SSSR count). The molecule has 0 saturated carbocycles. The van der Waals surface area contributed by atoms with Crippen LogP contribution in [0.1, 0.15) is 433 Å². The molecule has 2 unspecified atom stereocenters. The number of unbranched alkanes of at least 4 members (excludes halogenated alkanes) is 53. The number of rotatable bonds is 81. The Morgan fingerprint density at radius 2 is 0.460 bits per heavy atom. The van der Waals surface area contributed by atoms with E-state index >= 15 is 0 Å². The topological polar surface area (TPSA) is 237 Å². The molecule has 19 heteroatoms. The largest absolute Gasteiger partial charge is 0.472 e. The van der Waals surface area contributed by atoms with Crippen LogP contribution in [0.3, 0.4) is 0 Å². The van der Waals surface area contributed by atoms with E-state index in [1.165, 1.54) is 257 Å². The number of hydrogen-bond donors (Lipinski definition) is 3. The first-order valence-corrected chi connectivity index (χ1v) is 45.1. The molecule has 594 valence electrons. The van der Waals surface area contributed by atoms with Gasteiger partial charge in [0.2, 0.25) is 0 Å². The van der Waals surface area contributed by atoms with Crippen LogP contribution in [0.2, 0.25) is 0 Å². The van der Waals surface area contributed by atoms with Gasteiger partial charge in [-0.1, -0.05) is 381 Å². The van der Waals surface area contributed by atoms with Crippen LogP contribution in [0.15, 0.2) is 0 Å². The standard InChI is InChI=1S/C81H158O17P2/c1-6-9-12-15-18-21-24-27-29-31-33-35-37-39-42-45-52-57-62-67-81(86)97-76(70-91-78(83)64-59-54-49-43-41-38-36-34-32-30-28-25-22-19-16-13-10-7-2)72-95-99(87,88)93-68-75(82)69-94-100(89,90)96-73-77(71-92-79(84)65-60-55-50-47-46-48-53-58-63-74(4)5)98-80(85)66-61-56-51-44-40-26-23-20-17-14-11-8-3/h74-77,82H,6-73H2,1-5H3,(H,87,88)(H,89,90)/t75-,76-,77-/m1/s1. The molecule has 0 bridgehead atoms. The molecule has 0 amide bonds. The average Bonchev–Trinajstić information content (AvgIpc) is 0.924. The average molecular weight is 1470 g/mol. The van der Waals surface area contributed by atoms with Crippen LogP contribution >= 0.6 is 15.6 Å². The van der Waals surface area contributed by atoms with Gasteiger partial charge in [0.1, 0.15) is 19.3 Å². The highest BCUT2D eigenvalue weighted by Crippen LogP contribution is 2.45. The van der Waals surface area contributed by atoms with Crippen LogP contribution in [-0.2, 0) is 65.4 Å². The first kappa shape index (κ1) is 98.1. The summed E-state index contributed by atoms with van der Waals surface area (Å²) in [5.74, 6) is -1.38. The highest BCUT2D eigenvalue weighted by molar-refractivity contribution is 7.47. The lowest BCUT2D eigenvalue weighted by atomic mass is 10.0. The number of ether oxygens (including phenoxy) is 4. The van der Waals surface area contributed by atoms with Crippen LogP contribution in [0.5, 0.6) is 0 Å². The second-order valence-corrected chi connectivity index (χ2v) is 32.5. The first-order chi connectivity index (χ1) is 48.5. The third-order valence-corrected chi connectivity index (χ3v) is 20.9. The van der Waals surface area contributed by atoms with Gasteiger partial charge in [0.25, 0.3) is 0 Å². The molecule has 0 aliphatic heterocycles. The van der Waals surface area contributed by atoms with Crippen molar-refractivity contribution in [3.63, 3.8) is 0 Å². The van der Waals surface area contributed by atoms with E-state index in [2.05, 4.69) is 34.6 Å². The van der Waals surface area contributed by atoms with E-state index in [-0.39, 0.29) is 25.7 Å². The number of carbonyl (C=O) groups excluding carboxylic acids is 4. The van der Waals surface area contributed by atoms with Crippen molar-refractivity contribution >= 4 is 39.5 Å². The second-order valence-electron chi connectivity index (χ2n) is 29.6. The lowest BCUT2D eigenvalue weighted by molar-refractivity contribution is -0.161. The maximum absolute atomic E-state index is 13.1. The monoisotopic (exact) mass is 1470 g/mol. The van der Waals surface area contributed by atoms with Crippen molar-refractivity contribution in [3.05, 3.63) is 0 Å². The van der Waals surface area contributed by atoms with Gasteiger partial charge in [-0.2, -0.15) is 0 Å². The fourth-order valence-corrected chi connectivity index (χ4v) is 14.2. The highest BCUT2D eigenvalue weighted by Gasteiger charge is 2.30. The Hall–Kier alpha value is -1.94. The first-order valence-electron chi connectivity index (χ1n) is 42.1. The predicted molar refractivity (Wildman–Crippen MR) is 409 cm³/mol. The molecule has 0 spiro atoms.